The Kier molecular flexibility index (Phi) is 7.93. The van der Waals surface area contributed by atoms with Gasteiger partial charge in [-0.3, -0.25) is 0 Å². The van der Waals surface area contributed by atoms with Crippen LogP contribution in [-0.4, -0.2) is 82.9 Å². The zero-order valence-corrected chi connectivity index (χ0v) is 24.6. The number of benzene rings is 1. The van der Waals surface area contributed by atoms with Crippen LogP contribution in [0.25, 0.3) is 10.9 Å². The molecule has 1 aromatic heterocycles. The van der Waals surface area contributed by atoms with Gasteiger partial charge in [-0.1, -0.05) is 11.6 Å². The quantitative estimate of drug-likeness (QED) is 0.455. The third-order valence-corrected chi connectivity index (χ3v) is 8.05. The number of piperazine rings is 1. The van der Waals surface area contributed by atoms with Crippen molar-refractivity contribution >= 4 is 50.3 Å². The van der Waals surface area contributed by atoms with Gasteiger partial charge < -0.3 is 24.2 Å². The maximum atomic E-state index is 12.8. The van der Waals surface area contributed by atoms with Crippen molar-refractivity contribution < 1.29 is 14.3 Å². The molecule has 2 aliphatic rings. The highest BCUT2D eigenvalue weighted by atomic mass is 79.9. The molecule has 2 aromatic rings. The molecule has 2 heterocycles. The van der Waals surface area contributed by atoms with Crippen LogP contribution in [0, 0.1) is 0 Å². The number of ether oxygens (including phenoxy) is 2. The van der Waals surface area contributed by atoms with E-state index in [1.807, 2.05) is 32.9 Å². The number of halogens is 2. The van der Waals surface area contributed by atoms with Crippen molar-refractivity contribution in [1.82, 2.24) is 19.8 Å². The van der Waals surface area contributed by atoms with E-state index in [2.05, 4.69) is 53.7 Å². The number of carbonyl (C=O) groups is 1. The van der Waals surface area contributed by atoms with Crippen molar-refractivity contribution in [1.29, 1.82) is 0 Å². The highest BCUT2D eigenvalue weighted by Gasteiger charge is 2.37. The number of anilines is 1. The molecule has 4 rings (SSSR count). The lowest BCUT2D eigenvalue weighted by Gasteiger charge is -2.45. The van der Waals surface area contributed by atoms with Gasteiger partial charge in [0.1, 0.15) is 17.5 Å². The van der Waals surface area contributed by atoms with E-state index in [9.17, 15) is 4.79 Å². The third-order valence-electron chi connectivity index (χ3n) is 6.85. The van der Waals surface area contributed by atoms with Crippen LogP contribution in [-0.2, 0) is 4.74 Å². The Morgan fingerprint density at radius 2 is 1.81 bits per heavy atom. The maximum absolute atomic E-state index is 12.8. The van der Waals surface area contributed by atoms with Crippen LogP contribution in [0.1, 0.15) is 53.9 Å². The van der Waals surface area contributed by atoms with Crippen LogP contribution in [0.4, 0.5) is 10.6 Å². The van der Waals surface area contributed by atoms with E-state index >= 15 is 0 Å². The molecule has 8 nitrogen and oxygen atoms in total. The Morgan fingerprint density at radius 3 is 2.42 bits per heavy atom. The summed E-state index contributed by atoms with van der Waals surface area (Å²) in [6, 6.07) is 4.52. The SMILES string of the molecule is C[C@H]1CN(C(=O)OC(C)(C)C)C[C@H](C)N1c1nc(OC2CCCC2N(C)C)nc2cc(Br)c(Cl)cc12. The average Bonchev–Trinajstić information content (AvgIpc) is 3.21. The standard InChI is InChI=1S/C26H37BrClN5O3/c1-15-13-32(25(34)36-26(3,4)5)14-16(2)33(15)23-17-11-19(28)18(27)12-20(17)29-24(30-23)35-22-10-8-9-21(22)31(6)7/h11-12,15-16,21-22H,8-10,13-14H2,1-7H3/t15-,16-,21?,22?/m0/s1. The van der Waals surface area contributed by atoms with Crippen molar-refractivity contribution in [3.05, 3.63) is 21.6 Å². The first-order valence-corrected chi connectivity index (χ1v) is 13.8. The minimum Gasteiger partial charge on any atom is -0.458 e. The molecular weight excluding hydrogens is 546 g/mol. The summed E-state index contributed by atoms with van der Waals surface area (Å²) in [6.45, 7) is 10.9. The normalized spacial score (nSPS) is 25.1. The molecule has 198 valence electrons. The minimum absolute atomic E-state index is 0.00403. The Labute approximate surface area is 227 Å². The van der Waals surface area contributed by atoms with Crippen LogP contribution < -0.4 is 9.64 Å². The number of carbonyl (C=O) groups excluding carboxylic acids is 1. The van der Waals surface area contributed by atoms with E-state index < -0.39 is 5.60 Å². The molecule has 0 spiro atoms. The van der Waals surface area contributed by atoms with Crippen molar-refractivity contribution in [2.75, 3.05) is 32.1 Å². The fourth-order valence-corrected chi connectivity index (χ4v) is 5.82. The Balaban J connectivity index is 1.69. The summed E-state index contributed by atoms with van der Waals surface area (Å²) in [5, 5.41) is 1.45. The lowest BCUT2D eigenvalue weighted by molar-refractivity contribution is 0.0192. The van der Waals surface area contributed by atoms with Gasteiger partial charge >= 0.3 is 12.1 Å². The van der Waals surface area contributed by atoms with Gasteiger partial charge in [-0.15, -0.1) is 0 Å². The van der Waals surface area contributed by atoms with Gasteiger partial charge in [-0.2, -0.15) is 9.97 Å². The van der Waals surface area contributed by atoms with E-state index in [1.54, 1.807) is 4.90 Å². The van der Waals surface area contributed by atoms with Crippen LogP contribution in [0.3, 0.4) is 0 Å². The van der Waals surface area contributed by atoms with E-state index in [4.69, 9.17) is 31.0 Å². The zero-order valence-electron chi connectivity index (χ0n) is 22.2. The van der Waals surface area contributed by atoms with Gasteiger partial charge in [-0.25, -0.2) is 4.79 Å². The molecule has 1 saturated carbocycles. The van der Waals surface area contributed by atoms with Crippen LogP contribution in [0.5, 0.6) is 6.01 Å². The Bertz CT molecular complexity index is 1110. The van der Waals surface area contributed by atoms with E-state index in [0.29, 0.717) is 30.2 Å². The maximum Gasteiger partial charge on any atom is 0.410 e. The predicted molar refractivity (Wildman–Crippen MR) is 147 cm³/mol. The number of aromatic nitrogens is 2. The summed E-state index contributed by atoms with van der Waals surface area (Å²) in [6.07, 6.45) is 2.95. The van der Waals surface area contributed by atoms with Gasteiger partial charge in [0.15, 0.2) is 0 Å². The molecule has 4 atom stereocenters. The van der Waals surface area contributed by atoms with E-state index in [1.165, 1.54) is 0 Å². The number of hydrogen-bond donors (Lipinski definition) is 0. The summed E-state index contributed by atoms with van der Waals surface area (Å²) < 4.78 is 12.8. The molecule has 0 N–H and O–H groups in total. The number of hydrogen-bond acceptors (Lipinski definition) is 7. The van der Waals surface area contributed by atoms with Gasteiger partial charge in [0.2, 0.25) is 0 Å². The average molecular weight is 583 g/mol. The van der Waals surface area contributed by atoms with Gasteiger partial charge in [0.05, 0.1) is 10.5 Å². The molecule has 0 bridgehead atoms. The summed E-state index contributed by atoms with van der Waals surface area (Å²) >= 11 is 10.0. The van der Waals surface area contributed by atoms with E-state index in [0.717, 1.165) is 40.5 Å². The topological polar surface area (TPSA) is 71.0 Å². The molecule has 2 unspecified atom stereocenters. The highest BCUT2D eigenvalue weighted by Crippen LogP contribution is 2.37. The van der Waals surface area contributed by atoms with E-state index in [-0.39, 0.29) is 24.3 Å². The van der Waals surface area contributed by atoms with Gasteiger partial charge in [0, 0.05) is 41.1 Å². The molecule has 2 fully saturated rings. The first-order chi connectivity index (χ1) is 16.8. The van der Waals surface area contributed by atoms with Crippen molar-refractivity contribution in [2.24, 2.45) is 0 Å². The minimum atomic E-state index is -0.537. The van der Waals surface area contributed by atoms with Gasteiger partial charge in [0.25, 0.3) is 0 Å². The molecule has 1 aliphatic carbocycles. The van der Waals surface area contributed by atoms with Crippen LogP contribution >= 0.6 is 27.5 Å². The van der Waals surface area contributed by atoms with Crippen LogP contribution in [0.15, 0.2) is 16.6 Å². The molecule has 10 heteroatoms. The number of rotatable bonds is 4. The number of likely N-dealkylation sites (N-methyl/N-ethyl adjacent to an activating group) is 1. The first-order valence-electron chi connectivity index (χ1n) is 12.6. The molecule has 0 radical (unpaired) electrons. The molecule has 1 saturated heterocycles. The zero-order chi connectivity index (χ0) is 26.4. The molecular formula is C26H37BrClN5O3. The lowest BCUT2D eigenvalue weighted by atomic mass is 10.1. The summed E-state index contributed by atoms with van der Waals surface area (Å²) in [4.78, 5) is 28.8. The highest BCUT2D eigenvalue weighted by molar-refractivity contribution is 9.10. The fourth-order valence-electron chi connectivity index (χ4n) is 5.32. The number of nitrogens with zero attached hydrogens (tertiary/aromatic N) is 5. The predicted octanol–water partition coefficient (Wildman–Crippen LogP) is 5.74. The first kappa shape index (κ1) is 27.2. The monoisotopic (exact) mass is 581 g/mol. The second-order valence-corrected chi connectivity index (χ2v) is 12.5. The molecule has 1 amide bonds. The summed E-state index contributed by atoms with van der Waals surface area (Å²) in [5.74, 6) is 0.771. The summed E-state index contributed by atoms with van der Waals surface area (Å²) in [5.41, 5.74) is 0.226. The number of amides is 1. The molecule has 36 heavy (non-hydrogen) atoms. The smallest absolute Gasteiger partial charge is 0.410 e. The Hall–Kier alpha value is -1.84. The van der Waals surface area contributed by atoms with Crippen LogP contribution in [0.2, 0.25) is 5.02 Å². The second kappa shape index (κ2) is 10.5. The molecule has 1 aliphatic heterocycles. The lowest BCUT2D eigenvalue weighted by Crippen LogP contribution is -2.59. The largest absolute Gasteiger partial charge is 0.458 e. The van der Waals surface area contributed by atoms with Crippen molar-refractivity contribution in [2.45, 2.75) is 83.7 Å². The Morgan fingerprint density at radius 1 is 1.14 bits per heavy atom. The third kappa shape index (κ3) is 5.83. The second-order valence-electron chi connectivity index (χ2n) is 11.2. The van der Waals surface area contributed by atoms with Gasteiger partial charge in [-0.05, 0) is 96.0 Å². The number of fused-ring (bicyclic) bond motifs is 1. The fraction of sp³-hybridized carbons (Fsp3) is 0.654. The molecule has 1 aromatic carbocycles. The van der Waals surface area contributed by atoms with Crippen molar-refractivity contribution in [3.63, 3.8) is 0 Å². The summed E-state index contributed by atoms with van der Waals surface area (Å²) in [7, 11) is 4.18. The van der Waals surface area contributed by atoms with Crippen molar-refractivity contribution in [3.8, 4) is 6.01 Å².